The molecule has 0 aliphatic carbocycles. The molecule has 2 aromatic carbocycles. The Morgan fingerprint density at radius 2 is 1.11 bits per heavy atom. The normalized spacial score (nSPS) is 10.3. The number of phosphoric ester groups is 1. The number of hydrogen-bond donors (Lipinski definition) is 1. The third kappa shape index (κ3) is 4.61. The Bertz CT molecular complexity index is 473. The van der Waals surface area contributed by atoms with Gasteiger partial charge in [0.25, 0.3) is 0 Å². The molecular weight excluding hydrogens is 304 g/mol. The molecule has 0 aromatic heterocycles. The van der Waals surface area contributed by atoms with Gasteiger partial charge in [-0.05, 0) is 24.3 Å². The molecule has 2 rings (SSSR count). The Hall–Kier alpha value is -1.15. The summed E-state index contributed by atoms with van der Waals surface area (Å²) in [6.07, 6.45) is 0. The molecule has 0 unspecified atom stereocenters. The number of para-hydroxylation sites is 2. The maximum absolute atomic E-state index is 11.7. The van der Waals surface area contributed by atoms with Gasteiger partial charge in [-0.2, -0.15) is 0 Å². The minimum atomic E-state index is -4.14. The maximum Gasteiger partial charge on any atom is 0.584 e. The van der Waals surface area contributed by atoms with Gasteiger partial charge in [0.05, 0.1) is 0 Å². The number of phosphoric acid groups is 1. The first kappa shape index (κ1) is 14.9. The molecule has 0 atom stereocenters. The Labute approximate surface area is 118 Å². The van der Waals surface area contributed by atoms with Crippen molar-refractivity contribution < 1.29 is 38.0 Å². The summed E-state index contributed by atoms with van der Waals surface area (Å²) in [7, 11) is -4.14. The molecule has 0 saturated heterocycles. The monoisotopic (exact) mass is 314 g/mol. The first-order valence-corrected chi connectivity index (χ1v) is 6.47. The van der Waals surface area contributed by atoms with Crippen LogP contribution in [0.1, 0.15) is 0 Å². The van der Waals surface area contributed by atoms with Crippen molar-refractivity contribution in [3.05, 3.63) is 60.7 Å². The van der Waals surface area contributed by atoms with Crippen molar-refractivity contribution in [1.29, 1.82) is 0 Å². The molecule has 0 aliphatic rings. The molecule has 0 spiro atoms. The van der Waals surface area contributed by atoms with E-state index in [9.17, 15) is 9.46 Å². The van der Waals surface area contributed by atoms with Crippen molar-refractivity contribution in [2.45, 2.75) is 0 Å². The molecule has 0 saturated carbocycles. The van der Waals surface area contributed by atoms with Crippen LogP contribution in [0.5, 0.6) is 11.5 Å². The van der Waals surface area contributed by atoms with Gasteiger partial charge in [0.1, 0.15) is 11.5 Å². The Morgan fingerprint density at radius 3 is 1.44 bits per heavy atom. The molecule has 0 amide bonds. The molecular formula is C12H11O4PZn. The van der Waals surface area contributed by atoms with Crippen molar-refractivity contribution >= 4 is 7.82 Å². The summed E-state index contributed by atoms with van der Waals surface area (Å²) in [5.41, 5.74) is 0. The molecule has 18 heavy (non-hydrogen) atoms. The van der Waals surface area contributed by atoms with Gasteiger partial charge in [0.15, 0.2) is 0 Å². The topological polar surface area (TPSA) is 55.8 Å². The predicted octanol–water partition coefficient (Wildman–Crippen LogP) is 3.24. The van der Waals surface area contributed by atoms with Gasteiger partial charge in [0, 0.05) is 19.5 Å². The summed E-state index contributed by atoms with van der Waals surface area (Å²) in [6, 6.07) is 16.7. The second-order valence-corrected chi connectivity index (χ2v) is 4.58. The smallest absolute Gasteiger partial charge is 0.395 e. The second kappa shape index (κ2) is 6.70. The van der Waals surface area contributed by atoms with Crippen molar-refractivity contribution in [1.82, 2.24) is 0 Å². The Balaban J connectivity index is 0.00000162. The van der Waals surface area contributed by atoms with Crippen LogP contribution < -0.4 is 9.05 Å². The van der Waals surface area contributed by atoms with Crippen molar-refractivity contribution in [3.8, 4) is 11.5 Å². The van der Waals surface area contributed by atoms with Crippen molar-refractivity contribution in [2.24, 2.45) is 0 Å². The van der Waals surface area contributed by atoms with E-state index in [-0.39, 0.29) is 31.0 Å². The van der Waals surface area contributed by atoms with Gasteiger partial charge < -0.3 is 9.05 Å². The molecule has 0 heterocycles. The molecule has 0 fully saturated rings. The quantitative estimate of drug-likeness (QED) is 0.695. The average Bonchev–Trinajstić information content (AvgIpc) is 2.30. The third-order valence-corrected chi connectivity index (χ3v) is 2.81. The molecule has 2 aromatic rings. The van der Waals surface area contributed by atoms with Crippen LogP contribution in [0.15, 0.2) is 60.7 Å². The van der Waals surface area contributed by atoms with Crippen LogP contribution in [-0.4, -0.2) is 4.89 Å². The van der Waals surface area contributed by atoms with Crippen molar-refractivity contribution in [3.63, 3.8) is 0 Å². The van der Waals surface area contributed by atoms with Gasteiger partial charge in [-0.25, -0.2) is 4.57 Å². The summed E-state index contributed by atoms with van der Waals surface area (Å²) < 4.78 is 21.5. The average molecular weight is 316 g/mol. The van der Waals surface area contributed by atoms with E-state index in [1.807, 2.05) is 0 Å². The van der Waals surface area contributed by atoms with E-state index in [1.54, 1.807) is 60.7 Å². The summed E-state index contributed by atoms with van der Waals surface area (Å²) in [5, 5.41) is 0. The molecule has 1 N–H and O–H groups in total. The minimum Gasteiger partial charge on any atom is -0.395 e. The first-order valence-electron chi connectivity index (χ1n) is 4.98. The van der Waals surface area contributed by atoms with Crippen LogP contribution >= 0.6 is 7.82 Å². The number of hydrogen-bond acceptors (Lipinski definition) is 3. The molecule has 4 nitrogen and oxygen atoms in total. The minimum absolute atomic E-state index is 0. The van der Waals surface area contributed by atoms with E-state index >= 15 is 0 Å². The number of rotatable bonds is 4. The van der Waals surface area contributed by atoms with Gasteiger partial charge >= 0.3 is 7.82 Å². The summed E-state index contributed by atoms with van der Waals surface area (Å²) >= 11 is 0. The predicted molar refractivity (Wildman–Crippen MR) is 64.0 cm³/mol. The third-order valence-electron chi connectivity index (χ3n) is 1.93. The summed E-state index contributed by atoms with van der Waals surface area (Å²) in [6.45, 7) is 0. The van der Waals surface area contributed by atoms with Crippen LogP contribution in [0, 0.1) is 0 Å². The zero-order valence-corrected chi connectivity index (χ0v) is 13.5. The van der Waals surface area contributed by atoms with E-state index in [2.05, 4.69) is 0 Å². The van der Waals surface area contributed by atoms with E-state index < -0.39 is 7.82 Å². The van der Waals surface area contributed by atoms with Gasteiger partial charge in [-0.3, -0.25) is 4.89 Å². The fourth-order valence-corrected chi connectivity index (χ4v) is 2.06. The molecule has 0 radical (unpaired) electrons. The zero-order valence-electron chi connectivity index (χ0n) is 9.60. The molecule has 0 bridgehead atoms. The van der Waals surface area contributed by atoms with Crippen LogP contribution in [0.4, 0.5) is 0 Å². The standard InChI is InChI=1S/C12H11O4P.Zn/c13-17(14,15-11-7-3-1-4-8-11)16-12-9-5-2-6-10-12;/h1-10H,(H,13,14);. The van der Waals surface area contributed by atoms with Crippen LogP contribution in [0.3, 0.4) is 0 Å². The first-order chi connectivity index (χ1) is 8.16. The fraction of sp³-hybridized carbons (Fsp3) is 0. The zero-order chi connectivity index (χ0) is 12.1. The van der Waals surface area contributed by atoms with E-state index in [4.69, 9.17) is 9.05 Å². The van der Waals surface area contributed by atoms with E-state index in [0.717, 1.165) is 0 Å². The van der Waals surface area contributed by atoms with Crippen LogP contribution in [0.2, 0.25) is 0 Å². The van der Waals surface area contributed by atoms with Gasteiger partial charge in [0.2, 0.25) is 0 Å². The Kier molecular flexibility index (Phi) is 5.55. The summed E-state index contributed by atoms with van der Waals surface area (Å²) in [4.78, 5) is 9.53. The maximum atomic E-state index is 11.7. The molecule has 6 heteroatoms. The van der Waals surface area contributed by atoms with Gasteiger partial charge in [-0.1, -0.05) is 36.4 Å². The SMILES string of the molecule is O=P(O)(Oc1ccccc1)Oc1ccccc1.[Zn]. The van der Waals surface area contributed by atoms with Crippen molar-refractivity contribution in [2.75, 3.05) is 0 Å². The second-order valence-electron chi connectivity index (χ2n) is 3.28. The molecule has 90 valence electrons. The van der Waals surface area contributed by atoms with E-state index in [1.165, 1.54) is 0 Å². The fourth-order valence-electron chi connectivity index (χ4n) is 1.25. The number of benzene rings is 2. The van der Waals surface area contributed by atoms with Crippen LogP contribution in [-0.2, 0) is 24.0 Å². The Morgan fingerprint density at radius 1 is 0.778 bits per heavy atom. The van der Waals surface area contributed by atoms with E-state index in [0.29, 0.717) is 0 Å². The largest absolute Gasteiger partial charge is 0.584 e. The van der Waals surface area contributed by atoms with Gasteiger partial charge in [-0.15, -0.1) is 0 Å². The summed E-state index contributed by atoms with van der Waals surface area (Å²) in [5.74, 6) is 0.573. The van der Waals surface area contributed by atoms with Crippen LogP contribution in [0.25, 0.3) is 0 Å². The molecule has 0 aliphatic heterocycles.